The molecule has 2 aromatic rings. The molecule has 0 aliphatic carbocycles. The van der Waals surface area contributed by atoms with E-state index in [-0.39, 0.29) is 39.6 Å². The van der Waals surface area contributed by atoms with Gasteiger partial charge < -0.3 is 0 Å². The predicted molar refractivity (Wildman–Crippen MR) is 54.6 cm³/mol. The summed E-state index contributed by atoms with van der Waals surface area (Å²) >= 11 is 6.05. The van der Waals surface area contributed by atoms with Crippen LogP contribution >= 0.6 is 31.9 Å². The minimum atomic E-state index is -0.276. The molecule has 0 radical (unpaired) electrons. The molecule has 0 saturated carbocycles. The molecule has 2 heterocycles. The molecule has 4 nitrogen and oxygen atoms in total. The average molecular weight is 308 g/mol. The van der Waals surface area contributed by atoms with Crippen molar-refractivity contribution in [3.05, 3.63) is 33.8 Å². The van der Waals surface area contributed by atoms with E-state index in [1.165, 1.54) is 0 Å². The number of nitrogens with zero attached hydrogens (tertiary/aromatic N) is 4. The van der Waals surface area contributed by atoms with Crippen molar-refractivity contribution in [2.75, 3.05) is 0 Å². The van der Waals surface area contributed by atoms with E-state index in [1.54, 1.807) is 0 Å². The zero-order chi connectivity index (χ0) is 12.7. The van der Waals surface area contributed by atoms with Crippen molar-refractivity contribution < 1.29 is 5.48 Å². The quantitative estimate of drug-likeness (QED) is 0.811. The molecule has 0 amide bonds. The molecule has 0 unspecified atom stereocenters. The van der Waals surface area contributed by atoms with Gasteiger partial charge in [-0.1, -0.05) is 0 Å². The summed E-state index contributed by atoms with van der Waals surface area (Å²) < 4.78 is 31.5. The third-order valence-electron chi connectivity index (χ3n) is 1.16. The maximum atomic E-state index is 7.64. The maximum absolute atomic E-state index is 7.64. The molecule has 0 atom stereocenters. The Balaban J connectivity index is 2.68. The molecule has 66 valence electrons. The number of rotatable bonds is 1. The first-order chi connectivity index (χ1) is 7.91. The van der Waals surface area contributed by atoms with Crippen LogP contribution in [0.15, 0.2) is 33.8 Å². The Labute approximate surface area is 96.9 Å². The van der Waals surface area contributed by atoms with Crippen LogP contribution in [0.25, 0.3) is 5.82 Å². The second-order valence-electron chi connectivity index (χ2n) is 2.00. The highest BCUT2D eigenvalue weighted by Gasteiger charge is 2.00. The van der Waals surface area contributed by atoms with Crippen molar-refractivity contribution in [2.45, 2.75) is 0 Å². The fourth-order valence-electron chi connectivity index (χ4n) is 0.699. The zero-order valence-electron chi connectivity index (χ0n) is 10.0. The van der Waals surface area contributed by atoms with Crippen LogP contribution in [0.3, 0.4) is 0 Å². The smallest absolute Gasteiger partial charge is 0.172 e. The SMILES string of the molecule is [2H]c1nc([2H])c(-n2nc(Br)c([2H])c2[2H])nc1Br. The monoisotopic (exact) mass is 306 g/mol. The van der Waals surface area contributed by atoms with Crippen LogP contribution in [-0.2, 0) is 0 Å². The van der Waals surface area contributed by atoms with Crippen molar-refractivity contribution in [2.24, 2.45) is 0 Å². The lowest BCUT2D eigenvalue weighted by atomic mass is 10.6. The van der Waals surface area contributed by atoms with Gasteiger partial charge in [-0.15, -0.1) is 0 Å². The van der Waals surface area contributed by atoms with Crippen molar-refractivity contribution >= 4 is 31.9 Å². The fraction of sp³-hybridized carbons (Fsp3) is 0. The summed E-state index contributed by atoms with van der Waals surface area (Å²) in [6, 6.07) is -0.0997. The highest BCUT2D eigenvalue weighted by Crippen LogP contribution is 2.10. The van der Waals surface area contributed by atoms with Crippen LogP contribution in [0.2, 0.25) is 0 Å². The van der Waals surface area contributed by atoms with Gasteiger partial charge in [0.05, 0.1) is 17.8 Å². The summed E-state index contributed by atoms with van der Waals surface area (Å²) in [5, 5.41) is 3.87. The van der Waals surface area contributed by atoms with Crippen LogP contribution in [0.1, 0.15) is 5.48 Å². The Morgan fingerprint density at radius 3 is 2.85 bits per heavy atom. The minimum absolute atomic E-state index is 0.00271. The van der Waals surface area contributed by atoms with E-state index >= 15 is 0 Å². The normalized spacial score (nSPS) is 14.6. The standard InChI is InChI=1S/C7H4Br2N4/c8-5-1-2-13(12-5)7-4-10-3-6(9)11-7/h1-4H/i1D,2D,3D,4D. The molecule has 0 spiro atoms. The Bertz CT molecular complexity index is 600. The fourth-order valence-corrected chi connectivity index (χ4v) is 1.20. The molecule has 2 rings (SSSR count). The first-order valence-corrected chi connectivity index (χ1v) is 4.73. The molecule has 0 bridgehead atoms. The zero-order valence-corrected chi connectivity index (χ0v) is 9.22. The van der Waals surface area contributed by atoms with Gasteiger partial charge in [0.25, 0.3) is 0 Å². The van der Waals surface area contributed by atoms with Gasteiger partial charge in [0.1, 0.15) is 9.21 Å². The summed E-state index contributed by atoms with van der Waals surface area (Å²) in [4.78, 5) is 7.55. The largest absolute Gasteiger partial charge is 0.258 e. The lowest BCUT2D eigenvalue weighted by Crippen LogP contribution is -1.98. The summed E-state index contributed by atoms with van der Waals surface area (Å²) in [5.74, 6) is -0.00271. The Morgan fingerprint density at radius 1 is 1.31 bits per heavy atom. The number of hydrogen-bond acceptors (Lipinski definition) is 3. The summed E-state index contributed by atoms with van der Waals surface area (Å²) in [5.41, 5.74) is 0. The Kier molecular flexibility index (Phi) is 1.42. The van der Waals surface area contributed by atoms with Gasteiger partial charge in [0, 0.05) is 6.17 Å². The molecule has 6 heteroatoms. The molecular weight excluding hydrogens is 300 g/mol. The van der Waals surface area contributed by atoms with Crippen LogP contribution in [-0.4, -0.2) is 19.7 Å². The topological polar surface area (TPSA) is 43.6 Å². The van der Waals surface area contributed by atoms with Crippen molar-refractivity contribution in [3.63, 3.8) is 0 Å². The molecule has 0 aliphatic rings. The van der Waals surface area contributed by atoms with Gasteiger partial charge in [-0.05, 0) is 37.9 Å². The highest BCUT2D eigenvalue weighted by molar-refractivity contribution is 9.10. The second-order valence-corrected chi connectivity index (χ2v) is 3.50. The minimum Gasteiger partial charge on any atom is -0.258 e. The Hall–Kier alpha value is -0.750. The number of halogens is 2. The first-order valence-electron chi connectivity index (χ1n) is 5.14. The van der Waals surface area contributed by atoms with E-state index in [2.05, 4.69) is 46.9 Å². The molecule has 0 aliphatic heterocycles. The molecular formula is C7H4Br2N4. The van der Waals surface area contributed by atoms with E-state index < -0.39 is 0 Å². The third-order valence-corrected chi connectivity index (χ3v) is 1.87. The van der Waals surface area contributed by atoms with Crippen molar-refractivity contribution in [1.82, 2.24) is 19.7 Å². The number of aromatic nitrogens is 4. The molecule has 0 fully saturated rings. The summed E-state index contributed by atoms with van der Waals surface area (Å²) in [7, 11) is 0. The Morgan fingerprint density at radius 2 is 2.15 bits per heavy atom. The van der Waals surface area contributed by atoms with Crippen LogP contribution in [0.4, 0.5) is 0 Å². The van der Waals surface area contributed by atoms with E-state index in [9.17, 15) is 0 Å². The van der Waals surface area contributed by atoms with Crippen molar-refractivity contribution in [1.29, 1.82) is 0 Å². The number of hydrogen-bond donors (Lipinski definition) is 0. The highest BCUT2D eigenvalue weighted by atomic mass is 79.9. The summed E-state index contributed by atoms with van der Waals surface area (Å²) in [6.45, 7) is 0. The predicted octanol–water partition coefficient (Wildman–Crippen LogP) is 2.19. The van der Waals surface area contributed by atoms with Gasteiger partial charge >= 0.3 is 0 Å². The first kappa shape index (κ1) is 5.21. The van der Waals surface area contributed by atoms with Gasteiger partial charge in [-0.25, -0.2) is 9.67 Å². The lowest BCUT2D eigenvalue weighted by molar-refractivity contribution is 0.825. The second kappa shape index (κ2) is 3.55. The molecule has 0 aromatic carbocycles. The van der Waals surface area contributed by atoms with Crippen molar-refractivity contribution in [3.8, 4) is 5.82 Å². The van der Waals surface area contributed by atoms with Crippen LogP contribution in [0.5, 0.6) is 0 Å². The third kappa shape index (κ3) is 1.94. The average Bonchev–Trinajstić information content (AvgIpc) is 2.51. The van der Waals surface area contributed by atoms with E-state index in [1.807, 2.05) is 0 Å². The van der Waals surface area contributed by atoms with E-state index in [0.717, 1.165) is 4.68 Å². The van der Waals surface area contributed by atoms with Gasteiger partial charge in [0.2, 0.25) is 0 Å². The van der Waals surface area contributed by atoms with Gasteiger partial charge in [-0.2, -0.15) is 5.10 Å². The lowest BCUT2D eigenvalue weighted by Gasteiger charge is -1.98. The molecule has 2 aromatic heterocycles. The maximum Gasteiger partial charge on any atom is 0.172 e. The van der Waals surface area contributed by atoms with Gasteiger partial charge in [0.15, 0.2) is 5.82 Å². The molecule has 0 N–H and O–H groups in total. The van der Waals surface area contributed by atoms with Gasteiger partial charge in [-0.3, -0.25) is 4.98 Å². The summed E-state index contributed by atoms with van der Waals surface area (Å²) in [6.07, 6.45) is -0.645. The van der Waals surface area contributed by atoms with E-state index in [4.69, 9.17) is 5.48 Å². The van der Waals surface area contributed by atoms with Crippen LogP contribution in [0, 0.1) is 0 Å². The van der Waals surface area contributed by atoms with Crippen LogP contribution < -0.4 is 0 Å². The molecule has 0 saturated heterocycles. The molecule has 13 heavy (non-hydrogen) atoms. The van der Waals surface area contributed by atoms with E-state index in [0.29, 0.717) is 0 Å².